The van der Waals surface area contributed by atoms with E-state index in [1.165, 1.54) is 10.4 Å². The van der Waals surface area contributed by atoms with E-state index < -0.39 is 0 Å². The number of thiazole rings is 1. The van der Waals surface area contributed by atoms with E-state index in [0.717, 1.165) is 24.5 Å². The van der Waals surface area contributed by atoms with E-state index in [0.29, 0.717) is 0 Å². The molecular formula is C15H20N2OS. The number of aromatic nitrogens is 1. The molecule has 3 nitrogen and oxygen atoms in total. The summed E-state index contributed by atoms with van der Waals surface area (Å²) in [6, 6.07) is 8.35. The Morgan fingerprint density at radius 2 is 2.16 bits per heavy atom. The molecule has 1 aromatic carbocycles. The third-order valence-electron chi connectivity index (χ3n) is 3.03. The number of aryl methyl sites for hydroxylation is 1. The maximum atomic E-state index is 5.85. The molecule has 0 spiro atoms. The van der Waals surface area contributed by atoms with Crippen molar-refractivity contribution in [3.8, 4) is 5.75 Å². The Morgan fingerprint density at radius 3 is 2.79 bits per heavy atom. The quantitative estimate of drug-likeness (QED) is 0.876. The Bertz CT molecular complexity index is 524. The highest BCUT2D eigenvalue weighted by atomic mass is 32.1. The van der Waals surface area contributed by atoms with Crippen LogP contribution in [-0.4, -0.2) is 18.6 Å². The lowest BCUT2D eigenvalue weighted by Gasteiger charge is -2.19. The summed E-state index contributed by atoms with van der Waals surface area (Å²) in [5, 5.41) is 3.37. The molecule has 102 valence electrons. The summed E-state index contributed by atoms with van der Waals surface area (Å²) in [4.78, 5) is 5.59. The van der Waals surface area contributed by atoms with Gasteiger partial charge in [0.2, 0.25) is 0 Å². The molecule has 1 aromatic heterocycles. The Balaban J connectivity index is 2.35. The van der Waals surface area contributed by atoms with E-state index in [-0.39, 0.29) is 6.04 Å². The molecule has 19 heavy (non-hydrogen) atoms. The molecule has 0 fully saturated rings. The Hall–Kier alpha value is -1.39. The van der Waals surface area contributed by atoms with Gasteiger partial charge in [-0.15, -0.1) is 11.3 Å². The summed E-state index contributed by atoms with van der Waals surface area (Å²) < 4.78 is 5.85. The zero-order chi connectivity index (χ0) is 13.7. The maximum Gasteiger partial charge on any atom is 0.124 e. The fourth-order valence-electron chi connectivity index (χ4n) is 2.08. The highest BCUT2D eigenvalue weighted by Gasteiger charge is 2.19. The van der Waals surface area contributed by atoms with Crippen LogP contribution in [0.25, 0.3) is 0 Å². The van der Waals surface area contributed by atoms with Gasteiger partial charge in [-0.1, -0.05) is 25.1 Å². The SMILES string of the molecule is CCCOc1ccccc1C(NC)c1scnc1C. The van der Waals surface area contributed by atoms with Crippen LogP contribution in [0.2, 0.25) is 0 Å². The highest BCUT2D eigenvalue weighted by molar-refractivity contribution is 7.09. The van der Waals surface area contributed by atoms with Crippen molar-refractivity contribution in [2.45, 2.75) is 26.3 Å². The first-order chi connectivity index (χ1) is 9.27. The van der Waals surface area contributed by atoms with Gasteiger partial charge in [0.25, 0.3) is 0 Å². The number of ether oxygens (including phenoxy) is 1. The van der Waals surface area contributed by atoms with Crippen molar-refractivity contribution in [2.75, 3.05) is 13.7 Å². The minimum atomic E-state index is 0.139. The molecular weight excluding hydrogens is 256 g/mol. The van der Waals surface area contributed by atoms with Gasteiger partial charge in [0.05, 0.1) is 23.9 Å². The van der Waals surface area contributed by atoms with Crippen molar-refractivity contribution in [3.63, 3.8) is 0 Å². The molecule has 2 rings (SSSR count). The summed E-state index contributed by atoms with van der Waals surface area (Å²) in [7, 11) is 1.97. The summed E-state index contributed by atoms with van der Waals surface area (Å²) in [6.07, 6.45) is 1.01. The second-order valence-electron chi connectivity index (χ2n) is 4.41. The zero-order valence-corrected chi connectivity index (χ0v) is 12.5. The largest absolute Gasteiger partial charge is 0.493 e. The van der Waals surface area contributed by atoms with E-state index in [1.807, 2.05) is 31.6 Å². The Morgan fingerprint density at radius 1 is 1.37 bits per heavy atom. The lowest BCUT2D eigenvalue weighted by Crippen LogP contribution is -2.18. The maximum absolute atomic E-state index is 5.85. The third kappa shape index (κ3) is 3.14. The van der Waals surface area contributed by atoms with Gasteiger partial charge in [-0.2, -0.15) is 0 Å². The van der Waals surface area contributed by atoms with Crippen molar-refractivity contribution < 1.29 is 4.74 Å². The standard InChI is InChI=1S/C15H20N2OS/c1-4-9-18-13-8-6-5-7-12(13)14(16-3)15-11(2)17-10-19-15/h5-8,10,14,16H,4,9H2,1-3H3. The minimum absolute atomic E-state index is 0.139. The van der Waals surface area contributed by atoms with E-state index in [1.54, 1.807) is 11.3 Å². The fraction of sp³-hybridized carbons (Fsp3) is 0.400. The second kappa shape index (κ2) is 6.68. The lowest BCUT2D eigenvalue weighted by atomic mass is 10.0. The van der Waals surface area contributed by atoms with Crippen LogP contribution in [0.5, 0.6) is 5.75 Å². The van der Waals surface area contributed by atoms with Crippen LogP contribution in [0.4, 0.5) is 0 Å². The molecule has 0 radical (unpaired) electrons. The molecule has 0 aliphatic rings. The molecule has 0 saturated heterocycles. The van der Waals surface area contributed by atoms with E-state index in [2.05, 4.69) is 29.4 Å². The van der Waals surface area contributed by atoms with Gasteiger partial charge in [-0.3, -0.25) is 0 Å². The molecule has 2 aromatic rings. The highest BCUT2D eigenvalue weighted by Crippen LogP contribution is 2.33. The van der Waals surface area contributed by atoms with Gasteiger partial charge >= 0.3 is 0 Å². The minimum Gasteiger partial charge on any atom is -0.493 e. The van der Waals surface area contributed by atoms with Crippen molar-refractivity contribution in [2.24, 2.45) is 0 Å². The van der Waals surface area contributed by atoms with Gasteiger partial charge < -0.3 is 10.1 Å². The molecule has 0 aliphatic carbocycles. The average molecular weight is 276 g/mol. The average Bonchev–Trinajstić information content (AvgIpc) is 2.85. The van der Waals surface area contributed by atoms with Crippen LogP contribution in [0.3, 0.4) is 0 Å². The van der Waals surface area contributed by atoms with E-state index in [9.17, 15) is 0 Å². The summed E-state index contributed by atoms with van der Waals surface area (Å²) in [5.74, 6) is 0.955. The molecule has 0 aliphatic heterocycles. The molecule has 4 heteroatoms. The molecule has 1 unspecified atom stereocenters. The van der Waals surface area contributed by atoms with Crippen LogP contribution in [0.15, 0.2) is 29.8 Å². The van der Waals surface area contributed by atoms with Crippen molar-refractivity contribution in [1.29, 1.82) is 0 Å². The number of nitrogens with zero attached hydrogens (tertiary/aromatic N) is 1. The Kier molecular flexibility index (Phi) is 4.93. The second-order valence-corrected chi connectivity index (χ2v) is 5.30. The number of nitrogens with one attached hydrogen (secondary N) is 1. The molecule has 0 amide bonds. The van der Waals surface area contributed by atoms with Crippen molar-refractivity contribution in [1.82, 2.24) is 10.3 Å². The topological polar surface area (TPSA) is 34.1 Å². The van der Waals surface area contributed by atoms with Crippen molar-refractivity contribution >= 4 is 11.3 Å². The first kappa shape index (κ1) is 14.0. The fourth-order valence-corrected chi connectivity index (χ4v) is 3.01. The van der Waals surface area contributed by atoms with Crippen LogP contribution in [-0.2, 0) is 0 Å². The molecule has 1 N–H and O–H groups in total. The Labute approximate surface area is 118 Å². The smallest absolute Gasteiger partial charge is 0.124 e. The number of hydrogen-bond donors (Lipinski definition) is 1. The van der Waals surface area contributed by atoms with Crippen LogP contribution in [0.1, 0.15) is 35.5 Å². The number of hydrogen-bond acceptors (Lipinski definition) is 4. The van der Waals surface area contributed by atoms with Gasteiger partial charge in [0.15, 0.2) is 0 Å². The molecule has 1 heterocycles. The molecule has 1 atom stereocenters. The number of benzene rings is 1. The van der Waals surface area contributed by atoms with Crippen LogP contribution in [0, 0.1) is 6.92 Å². The molecule has 0 bridgehead atoms. The number of rotatable bonds is 6. The van der Waals surface area contributed by atoms with Gasteiger partial charge in [0, 0.05) is 10.4 Å². The third-order valence-corrected chi connectivity index (χ3v) is 4.02. The van der Waals surface area contributed by atoms with E-state index in [4.69, 9.17) is 4.74 Å². The number of para-hydroxylation sites is 1. The first-order valence-corrected chi connectivity index (χ1v) is 7.44. The van der Waals surface area contributed by atoms with Gasteiger partial charge in [-0.25, -0.2) is 4.98 Å². The zero-order valence-electron chi connectivity index (χ0n) is 11.6. The summed E-state index contributed by atoms with van der Waals surface area (Å²) in [6.45, 7) is 4.91. The van der Waals surface area contributed by atoms with Gasteiger partial charge in [0.1, 0.15) is 5.75 Å². The van der Waals surface area contributed by atoms with E-state index >= 15 is 0 Å². The van der Waals surface area contributed by atoms with Gasteiger partial charge in [-0.05, 0) is 26.5 Å². The van der Waals surface area contributed by atoms with Crippen LogP contribution < -0.4 is 10.1 Å². The van der Waals surface area contributed by atoms with Crippen molar-refractivity contribution in [3.05, 3.63) is 45.9 Å². The first-order valence-electron chi connectivity index (χ1n) is 6.56. The molecule has 0 saturated carbocycles. The summed E-state index contributed by atoms with van der Waals surface area (Å²) >= 11 is 1.68. The predicted octanol–water partition coefficient (Wildman–Crippen LogP) is 3.55. The van der Waals surface area contributed by atoms with Crippen LogP contribution >= 0.6 is 11.3 Å². The normalized spacial score (nSPS) is 12.4. The lowest BCUT2D eigenvalue weighted by molar-refractivity contribution is 0.312. The predicted molar refractivity (Wildman–Crippen MR) is 80.0 cm³/mol. The summed E-state index contributed by atoms with van der Waals surface area (Å²) in [5.41, 5.74) is 4.14. The monoisotopic (exact) mass is 276 g/mol.